The summed E-state index contributed by atoms with van der Waals surface area (Å²) in [5.41, 5.74) is 4.70. The summed E-state index contributed by atoms with van der Waals surface area (Å²) >= 11 is 0. The van der Waals surface area contributed by atoms with Gasteiger partial charge >= 0.3 is 0 Å². The molecule has 0 aliphatic heterocycles. The lowest BCUT2D eigenvalue weighted by molar-refractivity contribution is 0.170. The van der Waals surface area contributed by atoms with Gasteiger partial charge in [-0.3, -0.25) is 4.90 Å². The predicted octanol–water partition coefficient (Wildman–Crippen LogP) is 3.14. The zero-order valence-corrected chi connectivity index (χ0v) is 13.0. The van der Waals surface area contributed by atoms with Crippen LogP contribution in [0.1, 0.15) is 48.8 Å². The fourth-order valence-electron chi connectivity index (χ4n) is 3.95. The van der Waals surface area contributed by atoms with E-state index in [1.54, 1.807) is 11.1 Å². The van der Waals surface area contributed by atoms with Gasteiger partial charge in [0.15, 0.2) is 0 Å². The third-order valence-corrected chi connectivity index (χ3v) is 5.32. The molecule has 0 bridgehead atoms. The van der Waals surface area contributed by atoms with Gasteiger partial charge in [0.05, 0.1) is 0 Å². The summed E-state index contributed by atoms with van der Waals surface area (Å²) in [6.07, 6.45) is 9.27. The first kappa shape index (κ1) is 14.1. The second kappa shape index (κ2) is 6.28. The van der Waals surface area contributed by atoms with Crippen molar-refractivity contribution in [2.45, 2.75) is 63.6 Å². The molecule has 20 heavy (non-hydrogen) atoms. The molecule has 2 nitrogen and oxygen atoms in total. The number of benzene rings is 1. The minimum atomic E-state index is 0.750. The lowest BCUT2D eigenvalue weighted by atomic mass is 9.90. The van der Waals surface area contributed by atoms with Gasteiger partial charge in [-0.1, -0.05) is 18.2 Å². The molecule has 1 saturated carbocycles. The molecule has 2 aliphatic rings. The molecule has 1 fully saturated rings. The van der Waals surface area contributed by atoms with Crippen LogP contribution < -0.4 is 5.32 Å². The van der Waals surface area contributed by atoms with Gasteiger partial charge in [-0.05, 0) is 75.7 Å². The largest absolute Gasteiger partial charge is 0.317 e. The minimum absolute atomic E-state index is 0.750. The highest BCUT2D eigenvalue weighted by Crippen LogP contribution is 2.26. The summed E-state index contributed by atoms with van der Waals surface area (Å²) in [4.78, 5) is 2.57. The molecule has 0 unspecified atom stereocenters. The van der Waals surface area contributed by atoms with Crippen LogP contribution in [0.15, 0.2) is 18.2 Å². The van der Waals surface area contributed by atoms with Crippen LogP contribution in [0, 0.1) is 0 Å². The molecule has 0 spiro atoms. The molecule has 2 heteroatoms. The normalized spacial score (nSPS) is 25.9. The predicted molar refractivity (Wildman–Crippen MR) is 85.0 cm³/mol. The lowest BCUT2D eigenvalue weighted by Gasteiger charge is -2.34. The lowest BCUT2D eigenvalue weighted by Crippen LogP contribution is -2.39. The van der Waals surface area contributed by atoms with Crippen molar-refractivity contribution in [1.29, 1.82) is 0 Å². The number of fused-ring (bicyclic) bond motifs is 1. The maximum Gasteiger partial charge on any atom is 0.0233 e. The Morgan fingerprint density at radius 2 is 1.85 bits per heavy atom. The van der Waals surface area contributed by atoms with E-state index < -0.39 is 0 Å². The average molecular weight is 272 g/mol. The zero-order valence-electron chi connectivity index (χ0n) is 13.0. The van der Waals surface area contributed by atoms with Crippen LogP contribution in [0.5, 0.6) is 0 Å². The molecule has 0 radical (unpaired) electrons. The Balaban J connectivity index is 1.57. The Morgan fingerprint density at radius 3 is 2.60 bits per heavy atom. The highest BCUT2D eigenvalue weighted by atomic mass is 15.1. The van der Waals surface area contributed by atoms with Gasteiger partial charge in [0.1, 0.15) is 0 Å². The van der Waals surface area contributed by atoms with E-state index in [0.29, 0.717) is 0 Å². The topological polar surface area (TPSA) is 15.3 Å². The van der Waals surface area contributed by atoms with Crippen LogP contribution in [0.2, 0.25) is 0 Å². The molecular weight excluding hydrogens is 244 g/mol. The van der Waals surface area contributed by atoms with Gasteiger partial charge in [-0.2, -0.15) is 0 Å². The SMILES string of the molecule is CNC1CCC(N(C)Cc2ccc3c(c2)CCC3)CC1. The van der Waals surface area contributed by atoms with E-state index in [1.165, 1.54) is 50.5 Å². The van der Waals surface area contributed by atoms with Gasteiger partial charge in [-0.15, -0.1) is 0 Å². The molecule has 0 aromatic heterocycles. The van der Waals surface area contributed by atoms with Crippen LogP contribution in [0.3, 0.4) is 0 Å². The second-order valence-electron chi connectivity index (χ2n) is 6.67. The number of hydrogen-bond acceptors (Lipinski definition) is 2. The third kappa shape index (κ3) is 3.07. The van der Waals surface area contributed by atoms with Crippen molar-refractivity contribution in [1.82, 2.24) is 10.2 Å². The third-order valence-electron chi connectivity index (χ3n) is 5.32. The Morgan fingerprint density at radius 1 is 1.10 bits per heavy atom. The van der Waals surface area contributed by atoms with Crippen LogP contribution in [-0.4, -0.2) is 31.1 Å². The molecular formula is C18H28N2. The summed E-state index contributed by atoms with van der Waals surface area (Å²) in [6.45, 7) is 1.11. The van der Waals surface area contributed by atoms with Crippen molar-refractivity contribution in [3.63, 3.8) is 0 Å². The minimum Gasteiger partial charge on any atom is -0.317 e. The highest BCUT2D eigenvalue weighted by molar-refractivity contribution is 5.35. The van der Waals surface area contributed by atoms with Gasteiger partial charge in [0.25, 0.3) is 0 Å². The van der Waals surface area contributed by atoms with Crippen molar-refractivity contribution in [2.75, 3.05) is 14.1 Å². The fraction of sp³-hybridized carbons (Fsp3) is 0.667. The molecule has 0 heterocycles. The fourth-order valence-corrected chi connectivity index (χ4v) is 3.95. The van der Waals surface area contributed by atoms with Crippen molar-refractivity contribution < 1.29 is 0 Å². The summed E-state index contributed by atoms with van der Waals surface area (Å²) in [7, 11) is 4.40. The molecule has 110 valence electrons. The average Bonchev–Trinajstić information content (AvgIpc) is 2.95. The molecule has 1 aromatic carbocycles. The second-order valence-corrected chi connectivity index (χ2v) is 6.67. The maximum absolute atomic E-state index is 3.42. The van der Waals surface area contributed by atoms with Gasteiger partial charge < -0.3 is 5.32 Å². The van der Waals surface area contributed by atoms with E-state index in [9.17, 15) is 0 Å². The number of nitrogens with zero attached hydrogens (tertiary/aromatic N) is 1. The summed E-state index contributed by atoms with van der Waals surface area (Å²) in [5.74, 6) is 0. The monoisotopic (exact) mass is 272 g/mol. The van der Waals surface area contributed by atoms with E-state index in [2.05, 4.69) is 42.5 Å². The standard InChI is InChI=1S/C18H28N2/c1-19-17-8-10-18(11-9-17)20(2)13-14-6-7-15-4-3-5-16(15)12-14/h6-7,12,17-19H,3-5,8-11,13H2,1-2H3. The van der Waals surface area contributed by atoms with Gasteiger partial charge in [0, 0.05) is 18.6 Å². The quantitative estimate of drug-likeness (QED) is 0.906. The Labute approximate surface area is 123 Å². The first-order valence-electron chi connectivity index (χ1n) is 8.24. The molecule has 2 aliphatic carbocycles. The van der Waals surface area contributed by atoms with Gasteiger partial charge in [-0.25, -0.2) is 0 Å². The number of nitrogens with one attached hydrogen (secondary N) is 1. The molecule has 0 amide bonds. The molecule has 0 atom stereocenters. The molecule has 1 aromatic rings. The van der Waals surface area contributed by atoms with Crippen LogP contribution in [0.4, 0.5) is 0 Å². The Bertz CT molecular complexity index is 447. The van der Waals surface area contributed by atoms with E-state index >= 15 is 0 Å². The highest BCUT2D eigenvalue weighted by Gasteiger charge is 2.23. The number of hydrogen-bond donors (Lipinski definition) is 1. The van der Waals surface area contributed by atoms with Crippen molar-refractivity contribution in [3.05, 3.63) is 34.9 Å². The van der Waals surface area contributed by atoms with E-state index in [0.717, 1.165) is 18.6 Å². The zero-order chi connectivity index (χ0) is 13.9. The van der Waals surface area contributed by atoms with E-state index in [-0.39, 0.29) is 0 Å². The number of rotatable bonds is 4. The first-order chi connectivity index (χ1) is 9.76. The Kier molecular flexibility index (Phi) is 4.42. The van der Waals surface area contributed by atoms with Crippen molar-refractivity contribution in [3.8, 4) is 0 Å². The maximum atomic E-state index is 3.42. The van der Waals surface area contributed by atoms with Crippen LogP contribution in [0.25, 0.3) is 0 Å². The summed E-state index contributed by atoms with van der Waals surface area (Å²) in [6, 6.07) is 8.69. The molecule has 1 N–H and O–H groups in total. The van der Waals surface area contributed by atoms with Crippen molar-refractivity contribution in [2.24, 2.45) is 0 Å². The summed E-state index contributed by atoms with van der Waals surface area (Å²) in [5, 5.41) is 3.42. The van der Waals surface area contributed by atoms with E-state index in [4.69, 9.17) is 0 Å². The summed E-state index contributed by atoms with van der Waals surface area (Å²) < 4.78 is 0. The van der Waals surface area contributed by atoms with Crippen LogP contribution in [-0.2, 0) is 19.4 Å². The smallest absolute Gasteiger partial charge is 0.0233 e. The van der Waals surface area contributed by atoms with Gasteiger partial charge in [0.2, 0.25) is 0 Å². The molecule has 0 saturated heterocycles. The Hall–Kier alpha value is -0.860. The first-order valence-corrected chi connectivity index (χ1v) is 8.24. The van der Waals surface area contributed by atoms with Crippen molar-refractivity contribution >= 4 is 0 Å². The number of aryl methyl sites for hydroxylation is 2. The van der Waals surface area contributed by atoms with Crippen LogP contribution >= 0.6 is 0 Å². The molecule has 3 rings (SSSR count). The van der Waals surface area contributed by atoms with E-state index in [1.807, 2.05) is 0 Å².